The summed E-state index contributed by atoms with van der Waals surface area (Å²) in [6.07, 6.45) is -4.44. The van der Waals surface area contributed by atoms with Crippen LogP contribution in [0, 0.1) is 0 Å². The number of nitrogens with one attached hydrogen (secondary N) is 1. The lowest BCUT2D eigenvalue weighted by molar-refractivity contribution is -0.168. The van der Waals surface area contributed by atoms with Crippen molar-refractivity contribution in [3.8, 4) is 0 Å². The number of fused-ring (bicyclic) bond motifs is 1. The summed E-state index contributed by atoms with van der Waals surface area (Å²) in [4.78, 5) is 22.9. The van der Waals surface area contributed by atoms with Crippen molar-refractivity contribution in [2.45, 2.75) is 25.4 Å². The zero-order valence-corrected chi connectivity index (χ0v) is 14.8. The number of hydrogen-bond donors (Lipinski definition) is 2. The molecule has 0 atom stereocenters. The molecule has 3 rings (SSSR count). The average molecular weight is 389 g/mol. The second-order valence-corrected chi connectivity index (χ2v) is 6.35. The molecule has 0 fully saturated rings. The molecule has 1 heterocycles. The van der Waals surface area contributed by atoms with Crippen molar-refractivity contribution < 1.29 is 22.8 Å². The third-order valence-electron chi connectivity index (χ3n) is 4.39. The van der Waals surface area contributed by atoms with Crippen molar-refractivity contribution in [3.63, 3.8) is 0 Å². The largest absolute Gasteiger partial charge is 0.472 e. The Morgan fingerprint density at radius 3 is 2.29 bits per heavy atom. The minimum atomic E-state index is -5.03. The van der Waals surface area contributed by atoms with E-state index in [9.17, 15) is 22.8 Å². The fourth-order valence-corrected chi connectivity index (χ4v) is 3.15. The summed E-state index contributed by atoms with van der Waals surface area (Å²) in [5.41, 5.74) is 9.66. The molecule has 2 amide bonds. The van der Waals surface area contributed by atoms with Gasteiger partial charge >= 0.3 is 12.1 Å². The highest BCUT2D eigenvalue weighted by Gasteiger charge is 2.39. The molecule has 8 heteroatoms. The molecule has 0 aliphatic heterocycles. The van der Waals surface area contributed by atoms with E-state index in [1.54, 1.807) is 24.3 Å². The molecule has 0 saturated heterocycles. The van der Waals surface area contributed by atoms with Gasteiger partial charge in [0.05, 0.1) is 5.52 Å². The van der Waals surface area contributed by atoms with Gasteiger partial charge in [0.2, 0.25) is 5.91 Å². The Morgan fingerprint density at radius 1 is 1.00 bits per heavy atom. The molecule has 1 aromatic heterocycles. The number of para-hydroxylation sites is 1. The maximum atomic E-state index is 12.9. The van der Waals surface area contributed by atoms with Crippen molar-refractivity contribution in [2.24, 2.45) is 5.73 Å². The summed E-state index contributed by atoms with van der Waals surface area (Å²) in [5.74, 6) is -2.58. The van der Waals surface area contributed by atoms with E-state index >= 15 is 0 Å². The van der Waals surface area contributed by atoms with Crippen LogP contribution in [0.2, 0.25) is 0 Å². The van der Waals surface area contributed by atoms with Gasteiger partial charge in [-0.25, -0.2) is 0 Å². The first kappa shape index (κ1) is 19.5. The summed E-state index contributed by atoms with van der Waals surface area (Å²) in [7, 11) is 0. The zero-order valence-electron chi connectivity index (χ0n) is 14.8. The van der Waals surface area contributed by atoms with Gasteiger partial charge in [-0.1, -0.05) is 48.5 Å². The lowest BCUT2D eigenvalue weighted by Gasteiger charge is -2.15. The molecule has 0 radical (unpaired) electrons. The van der Waals surface area contributed by atoms with Gasteiger partial charge in [-0.2, -0.15) is 13.2 Å². The lowest BCUT2D eigenvalue weighted by atomic mass is 10.0. The Labute approximate surface area is 158 Å². The van der Waals surface area contributed by atoms with Crippen LogP contribution < -0.4 is 11.2 Å². The van der Waals surface area contributed by atoms with Crippen LogP contribution in [0.25, 0.3) is 10.9 Å². The number of benzene rings is 2. The van der Waals surface area contributed by atoms with Crippen LogP contribution in [0.5, 0.6) is 0 Å². The number of carbonyl (C=O) groups is 2. The second-order valence-electron chi connectivity index (χ2n) is 6.35. The number of aryl methyl sites for hydroxylation is 1. The molecule has 5 nitrogen and oxygen atoms in total. The van der Waals surface area contributed by atoms with Crippen molar-refractivity contribution >= 4 is 22.7 Å². The van der Waals surface area contributed by atoms with Crippen molar-refractivity contribution in [3.05, 3.63) is 71.4 Å². The highest BCUT2D eigenvalue weighted by atomic mass is 19.4. The zero-order chi connectivity index (χ0) is 20.3. The highest BCUT2D eigenvalue weighted by molar-refractivity contribution is 5.93. The van der Waals surface area contributed by atoms with E-state index in [0.29, 0.717) is 22.2 Å². The molecule has 0 bridgehead atoms. The summed E-state index contributed by atoms with van der Waals surface area (Å²) < 4.78 is 39.8. The fourth-order valence-electron chi connectivity index (χ4n) is 3.15. The van der Waals surface area contributed by atoms with E-state index in [-0.39, 0.29) is 19.3 Å². The smallest absolute Gasteiger partial charge is 0.370 e. The predicted molar refractivity (Wildman–Crippen MR) is 99.1 cm³/mol. The number of nitrogens with zero attached hydrogens (tertiary/aromatic N) is 1. The molecule has 0 spiro atoms. The van der Waals surface area contributed by atoms with Gasteiger partial charge in [0.25, 0.3) is 0 Å². The monoisotopic (exact) mass is 389 g/mol. The highest BCUT2D eigenvalue weighted by Crippen LogP contribution is 2.29. The first-order chi connectivity index (χ1) is 13.3. The van der Waals surface area contributed by atoms with Gasteiger partial charge < -0.3 is 5.73 Å². The Morgan fingerprint density at radius 2 is 1.64 bits per heavy atom. The first-order valence-corrected chi connectivity index (χ1v) is 8.59. The average Bonchev–Trinajstić information content (AvgIpc) is 2.93. The number of rotatable bonds is 6. The number of halogens is 3. The van der Waals surface area contributed by atoms with Gasteiger partial charge in [-0.05, 0) is 23.6 Å². The fraction of sp³-hybridized carbons (Fsp3) is 0.200. The summed E-state index contributed by atoms with van der Waals surface area (Å²) >= 11 is 0. The third kappa shape index (κ3) is 4.16. The molecule has 28 heavy (non-hydrogen) atoms. The summed E-state index contributed by atoms with van der Waals surface area (Å²) in [5, 5.41) is 0.664. The Balaban J connectivity index is 2.15. The molecule has 0 aliphatic carbocycles. The molecule has 146 valence electrons. The summed E-state index contributed by atoms with van der Waals surface area (Å²) in [6, 6.07) is 15.9. The van der Waals surface area contributed by atoms with Crippen LogP contribution in [-0.2, 0) is 22.4 Å². The maximum Gasteiger partial charge on any atom is 0.472 e. The quantitative estimate of drug-likeness (QED) is 0.679. The van der Waals surface area contributed by atoms with Crippen LogP contribution in [0.4, 0.5) is 13.2 Å². The number of carbonyl (C=O) groups excluding carboxylic acids is 2. The number of hydrogen-bond acceptors (Lipinski definition) is 2. The predicted octanol–water partition coefficient (Wildman–Crippen LogP) is 3.28. The molecule has 0 saturated carbocycles. The molecule has 0 unspecified atom stereocenters. The normalized spacial score (nSPS) is 11.5. The lowest BCUT2D eigenvalue weighted by Crippen LogP contribution is -2.36. The van der Waals surface area contributed by atoms with Crippen LogP contribution >= 0.6 is 0 Å². The standard InChI is InChI=1S/C20H18F3N3O2/c21-20(22,23)19(28)25-26-16-9-5-4-8-14(16)15(10-11-18(24)27)17(26)12-13-6-2-1-3-7-13/h1-9H,10-12H2,(H2,24,27)(H,25,28). The third-order valence-corrected chi connectivity index (χ3v) is 4.39. The Hall–Kier alpha value is -3.29. The van der Waals surface area contributed by atoms with Crippen molar-refractivity contribution in [2.75, 3.05) is 5.43 Å². The van der Waals surface area contributed by atoms with E-state index in [2.05, 4.69) is 0 Å². The SMILES string of the molecule is NC(=O)CCc1c(Cc2ccccc2)n(NC(=O)C(F)(F)F)c2ccccc12. The summed E-state index contributed by atoms with van der Waals surface area (Å²) in [6.45, 7) is 0. The van der Waals surface area contributed by atoms with Crippen molar-refractivity contribution in [1.82, 2.24) is 4.68 Å². The molecule has 2 aromatic carbocycles. The van der Waals surface area contributed by atoms with Gasteiger partial charge in [0.1, 0.15) is 0 Å². The van der Waals surface area contributed by atoms with E-state index in [4.69, 9.17) is 5.73 Å². The second kappa shape index (κ2) is 7.75. The van der Waals surface area contributed by atoms with Crippen molar-refractivity contribution in [1.29, 1.82) is 0 Å². The minimum absolute atomic E-state index is 0.0447. The number of primary amides is 1. The maximum absolute atomic E-state index is 12.9. The van der Waals surface area contributed by atoms with Crippen LogP contribution in [0.3, 0.4) is 0 Å². The van der Waals surface area contributed by atoms with Crippen LogP contribution in [0.1, 0.15) is 23.2 Å². The van der Waals surface area contributed by atoms with E-state index < -0.39 is 18.0 Å². The Bertz CT molecular complexity index is 1010. The molecule has 3 N–H and O–H groups in total. The van der Waals surface area contributed by atoms with E-state index in [1.807, 2.05) is 35.8 Å². The van der Waals surface area contributed by atoms with Crippen LogP contribution in [-0.4, -0.2) is 22.7 Å². The minimum Gasteiger partial charge on any atom is -0.370 e. The van der Waals surface area contributed by atoms with E-state index in [0.717, 1.165) is 10.2 Å². The number of aromatic nitrogens is 1. The molecule has 3 aromatic rings. The Kier molecular flexibility index (Phi) is 5.39. The van der Waals surface area contributed by atoms with Gasteiger partial charge in [0, 0.05) is 23.9 Å². The van der Waals surface area contributed by atoms with Gasteiger partial charge in [-0.3, -0.25) is 19.7 Å². The van der Waals surface area contributed by atoms with Gasteiger partial charge in [-0.15, -0.1) is 0 Å². The van der Waals surface area contributed by atoms with E-state index in [1.165, 1.54) is 0 Å². The topological polar surface area (TPSA) is 77.1 Å². The number of alkyl halides is 3. The first-order valence-electron chi connectivity index (χ1n) is 8.59. The molecular weight excluding hydrogens is 371 g/mol. The molecular formula is C20H18F3N3O2. The number of amides is 2. The van der Waals surface area contributed by atoms with Gasteiger partial charge in [0.15, 0.2) is 0 Å². The number of nitrogens with two attached hydrogens (primary N) is 1. The molecule has 0 aliphatic rings. The van der Waals surface area contributed by atoms with Crippen LogP contribution in [0.15, 0.2) is 54.6 Å².